The fraction of sp³-hybridized carbons (Fsp3) is 0.308. The van der Waals surface area contributed by atoms with E-state index in [2.05, 4.69) is 59.0 Å². The summed E-state index contributed by atoms with van der Waals surface area (Å²) in [5.41, 5.74) is 3.56. The van der Waals surface area contributed by atoms with Crippen molar-refractivity contribution in [2.24, 2.45) is 0 Å². The summed E-state index contributed by atoms with van der Waals surface area (Å²) >= 11 is 2.45. The van der Waals surface area contributed by atoms with Crippen LogP contribution in [-0.4, -0.2) is 4.43 Å². The highest BCUT2D eigenvalue weighted by Gasteiger charge is 2.12. The van der Waals surface area contributed by atoms with Crippen molar-refractivity contribution < 1.29 is 9.47 Å². The molecule has 0 bridgehead atoms. The molecule has 0 aromatic heterocycles. The van der Waals surface area contributed by atoms with E-state index in [1.54, 1.807) is 0 Å². The van der Waals surface area contributed by atoms with E-state index in [9.17, 15) is 0 Å². The molecule has 0 fully saturated rings. The fourth-order valence-corrected chi connectivity index (χ4v) is 3.80. The molecule has 0 N–H and O–H groups in total. The minimum atomic E-state index is 0.543. The van der Waals surface area contributed by atoms with Crippen molar-refractivity contribution in [3.63, 3.8) is 0 Å². The first kappa shape index (κ1) is 21.7. The lowest BCUT2D eigenvalue weighted by molar-refractivity contribution is 0.253. The molecule has 3 aromatic rings. The third-order valence-electron chi connectivity index (χ3n) is 4.85. The van der Waals surface area contributed by atoms with Gasteiger partial charge >= 0.3 is 0 Å². The summed E-state index contributed by atoms with van der Waals surface area (Å²) in [6, 6.07) is 26.9. The molecular formula is C26H29IO2. The average molecular weight is 500 g/mol. The van der Waals surface area contributed by atoms with Crippen molar-refractivity contribution in [2.75, 3.05) is 4.43 Å². The molecule has 2 nitrogen and oxygen atoms in total. The number of rotatable bonds is 12. The van der Waals surface area contributed by atoms with Gasteiger partial charge in [-0.2, -0.15) is 0 Å². The Morgan fingerprint density at radius 2 is 1.21 bits per heavy atom. The first-order valence-electron chi connectivity index (χ1n) is 10.4. The topological polar surface area (TPSA) is 18.5 Å². The summed E-state index contributed by atoms with van der Waals surface area (Å²) in [5.74, 6) is 1.72. The molecule has 0 saturated heterocycles. The second kappa shape index (κ2) is 12.5. The maximum atomic E-state index is 6.29. The van der Waals surface area contributed by atoms with E-state index in [1.165, 1.54) is 41.2 Å². The zero-order chi connectivity index (χ0) is 20.2. The maximum absolute atomic E-state index is 6.29. The lowest BCUT2D eigenvalue weighted by Crippen LogP contribution is -2.03. The predicted molar refractivity (Wildman–Crippen MR) is 129 cm³/mol. The maximum Gasteiger partial charge on any atom is 0.164 e. The highest BCUT2D eigenvalue weighted by Crippen LogP contribution is 2.34. The van der Waals surface area contributed by atoms with Crippen molar-refractivity contribution in [1.82, 2.24) is 0 Å². The highest BCUT2D eigenvalue weighted by molar-refractivity contribution is 14.1. The van der Waals surface area contributed by atoms with Gasteiger partial charge in [0.15, 0.2) is 11.5 Å². The Morgan fingerprint density at radius 1 is 0.586 bits per heavy atom. The van der Waals surface area contributed by atoms with Crippen LogP contribution in [0.5, 0.6) is 11.5 Å². The highest BCUT2D eigenvalue weighted by atomic mass is 127. The Hall–Kier alpha value is -2.01. The number of hydrogen-bond donors (Lipinski definition) is 0. The summed E-state index contributed by atoms with van der Waals surface area (Å²) in [7, 11) is 0. The number of unbranched alkanes of at least 4 members (excludes halogenated alkanes) is 3. The molecule has 3 rings (SSSR count). The predicted octanol–water partition coefficient (Wildman–Crippen LogP) is 7.38. The van der Waals surface area contributed by atoms with Gasteiger partial charge in [-0.25, -0.2) is 0 Å². The Balaban J connectivity index is 1.71. The van der Waals surface area contributed by atoms with E-state index in [4.69, 9.17) is 9.47 Å². The van der Waals surface area contributed by atoms with Crippen LogP contribution in [0.4, 0.5) is 0 Å². The molecule has 29 heavy (non-hydrogen) atoms. The minimum absolute atomic E-state index is 0.543. The lowest BCUT2D eigenvalue weighted by atomic mass is 10.0. The molecule has 0 spiro atoms. The largest absolute Gasteiger partial charge is 0.485 e. The molecule has 0 saturated carbocycles. The SMILES string of the molecule is ICCCCCCc1cccc(OCc2ccccc2)c1OCc1ccccc1. The van der Waals surface area contributed by atoms with Gasteiger partial charge < -0.3 is 9.47 Å². The number of ether oxygens (including phenoxy) is 2. The average Bonchev–Trinajstić information content (AvgIpc) is 2.78. The summed E-state index contributed by atoms with van der Waals surface area (Å²) in [6.45, 7) is 1.09. The van der Waals surface area contributed by atoms with Crippen LogP contribution in [0.2, 0.25) is 0 Å². The first-order valence-corrected chi connectivity index (χ1v) is 11.9. The smallest absolute Gasteiger partial charge is 0.164 e. The van der Waals surface area contributed by atoms with Gasteiger partial charge in [-0.15, -0.1) is 0 Å². The number of benzene rings is 3. The molecule has 0 heterocycles. The number of para-hydroxylation sites is 1. The third kappa shape index (κ3) is 7.39. The van der Waals surface area contributed by atoms with Crippen molar-refractivity contribution in [3.05, 3.63) is 95.6 Å². The Bertz CT molecular complexity index is 834. The van der Waals surface area contributed by atoms with Gasteiger partial charge in [0.05, 0.1) is 0 Å². The van der Waals surface area contributed by atoms with E-state index >= 15 is 0 Å². The third-order valence-corrected chi connectivity index (χ3v) is 5.62. The number of hydrogen-bond acceptors (Lipinski definition) is 2. The molecule has 0 aliphatic rings. The lowest BCUT2D eigenvalue weighted by Gasteiger charge is -2.17. The Morgan fingerprint density at radius 3 is 1.86 bits per heavy atom. The van der Waals surface area contributed by atoms with E-state index < -0.39 is 0 Å². The van der Waals surface area contributed by atoms with E-state index in [0.717, 1.165) is 23.5 Å². The standard InChI is InChI=1S/C26H29IO2/c27-19-10-2-1-9-16-24-17-11-18-25(28-20-22-12-5-3-6-13-22)26(24)29-21-23-14-7-4-8-15-23/h3-8,11-15,17-18H,1-2,9-10,16,19-21H2. The molecule has 0 atom stereocenters. The van der Waals surface area contributed by atoms with Gasteiger partial charge in [0, 0.05) is 0 Å². The van der Waals surface area contributed by atoms with Crippen LogP contribution in [0.15, 0.2) is 78.9 Å². The van der Waals surface area contributed by atoms with Gasteiger partial charge in [-0.1, -0.05) is 108 Å². The van der Waals surface area contributed by atoms with Crippen LogP contribution in [0.1, 0.15) is 42.4 Å². The van der Waals surface area contributed by atoms with Gasteiger partial charge in [0.1, 0.15) is 13.2 Å². The summed E-state index contributed by atoms with van der Waals surface area (Å²) in [4.78, 5) is 0. The molecule has 0 aliphatic carbocycles. The van der Waals surface area contributed by atoms with Crippen LogP contribution in [0, 0.1) is 0 Å². The Kier molecular flexibility index (Phi) is 9.37. The molecule has 0 unspecified atom stereocenters. The second-order valence-electron chi connectivity index (χ2n) is 7.15. The van der Waals surface area contributed by atoms with Crippen LogP contribution in [0.25, 0.3) is 0 Å². The number of alkyl halides is 1. The van der Waals surface area contributed by atoms with E-state index in [-0.39, 0.29) is 0 Å². The molecule has 3 heteroatoms. The summed E-state index contributed by atoms with van der Waals surface area (Å²) in [5, 5.41) is 0. The van der Waals surface area contributed by atoms with Gasteiger partial charge in [-0.05, 0) is 46.4 Å². The zero-order valence-electron chi connectivity index (χ0n) is 16.9. The first-order chi connectivity index (χ1) is 14.4. The Labute approximate surface area is 188 Å². The second-order valence-corrected chi connectivity index (χ2v) is 8.22. The van der Waals surface area contributed by atoms with Crippen LogP contribution >= 0.6 is 22.6 Å². The minimum Gasteiger partial charge on any atom is -0.485 e. The van der Waals surface area contributed by atoms with Crippen molar-refractivity contribution in [1.29, 1.82) is 0 Å². The molecule has 152 valence electrons. The van der Waals surface area contributed by atoms with Gasteiger partial charge in [-0.3, -0.25) is 0 Å². The normalized spacial score (nSPS) is 10.7. The fourth-order valence-electron chi connectivity index (χ4n) is 3.26. The zero-order valence-corrected chi connectivity index (χ0v) is 19.0. The molecule has 0 radical (unpaired) electrons. The van der Waals surface area contributed by atoms with Crippen molar-refractivity contribution >= 4 is 22.6 Å². The van der Waals surface area contributed by atoms with Gasteiger partial charge in [0.2, 0.25) is 0 Å². The molecule has 0 aliphatic heterocycles. The van der Waals surface area contributed by atoms with Crippen molar-refractivity contribution in [3.8, 4) is 11.5 Å². The van der Waals surface area contributed by atoms with Crippen molar-refractivity contribution in [2.45, 2.75) is 45.3 Å². The number of halogens is 1. The number of aryl methyl sites for hydroxylation is 1. The van der Waals surface area contributed by atoms with Gasteiger partial charge in [0.25, 0.3) is 0 Å². The van der Waals surface area contributed by atoms with Crippen LogP contribution in [-0.2, 0) is 19.6 Å². The van der Waals surface area contributed by atoms with E-state index in [0.29, 0.717) is 13.2 Å². The molecule has 3 aromatic carbocycles. The quantitative estimate of drug-likeness (QED) is 0.147. The van der Waals surface area contributed by atoms with Crippen LogP contribution < -0.4 is 9.47 Å². The monoisotopic (exact) mass is 500 g/mol. The molecule has 0 amide bonds. The summed E-state index contributed by atoms with van der Waals surface area (Å²) in [6.07, 6.45) is 6.07. The molecular weight excluding hydrogens is 471 g/mol. The summed E-state index contributed by atoms with van der Waals surface area (Å²) < 4.78 is 13.7. The van der Waals surface area contributed by atoms with Crippen LogP contribution in [0.3, 0.4) is 0 Å². The van der Waals surface area contributed by atoms with E-state index in [1.807, 2.05) is 42.5 Å².